The molecule has 592 valence electrons. The van der Waals surface area contributed by atoms with E-state index < -0.39 is 0 Å². The van der Waals surface area contributed by atoms with Crippen molar-refractivity contribution in [3.63, 3.8) is 0 Å². The third kappa shape index (κ3) is 15.6. The highest BCUT2D eigenvalue weighted by atomic mass is 15.5. The molecule has 12 nitrogen and oxygen atoms in total. The molecule has 4 aliphatic heterocycles. The van der Waals surface area contributed by atoms with Crippen molar-refractivity contribution < 1.29 is 0 Å². The fourth-order valence-corrected chi connectivity index (χ4v) is 18.7. The van der Waals surface area contributed by atoms with E-state index in [9.17, 15) is 0 Å². The minimum absolute atomic E-state index is 0.0464. The Morgan fingerprint density at radius 3 is 1.05 bits per heavy atom. The quantitative estimate of drug-likeness (QED) is 0.104. The van der Waals surface area contributed by atoms with Crippen LogP contribution in [-0.4, -0.2) is 56.7 Å². The summed E-state index contributed by atoms with van der Waals surface area (Å²) in [6, 6.07) is 79.9. The topological polar surface area (TPSA) is 77.5 Å². The van der Waals surface area contributed by atoms with Gasteiger partial charge < -0.3 is 39.2 Å². The summed E-state index contributed by atoms with van der Waals surface area (Å²) in [5.74, 6) is 1.72. The first-order chi connectivity index (χ1) is 55.5. The molecule has 8 aromatic carbocycles. The van der Waals surface area contributed by atoms with Crippen LogP contribution in [0.25, 0.3) is 22.3 Å². The normalized spacial score (nSPS) is 16.9. The zero-order valence-corrected chi connectivity index (χ0v) is 71.8. The second kappa shape index (κ2) is 34.4. The largest absolute Gasteiger partial charge is 0.347 e. The van der Waals surface area contributed by atoms with E-state index in [2.05, 4.69) is 418 Å². The molecule has 0 unspecified atom stereocenters. The van der Waals surface area contributed by atoms with Gasteiger partial charge in [-0.1, -0.05) is 220 Å². The van der Waals surface area contributed by atoms with Crippen LogP contribution < -0.4 is 39.2 Å². The first-order valence-electron chi connectivity index (χ1n) is 42.3. The number of benzene rings is 8. The summed E-state index contributed by atoms with van der Waals surface area (Å²) in [4.78, 5) is 38.8. The van der Waals surface area contributed by atoms with Gasteiger partial charge in [-0.25, -0.2) is 0 Å². The Morgan fingerprint density at radius 1 is 0.296 bits per heavy atom. The van der Waals surface area contributed by atoms with Gasteiger partial charge in [-0.15, -0.1) is 0 Å². The molecule has 0 amide bonds. The fraction of sp³-hybridized carbons (Fsp3) is 0.340. The van der Waals surface area contributed by atoms with Crippen LogP contribution in [0.5, 0.6) is 0 Å². The highest BCUT2D eigenvalue weighted by Crippen LogP contribution is 2.56. The molecule has 1 aliphatic carbocycles. The maximum Gasteiger partial charge on any atom is 0.108 e. The summed E-state index contributed by atoms with van der Waals surface area (Å²) in [7, 11) is 0. The minimum Gasteiger partial charge on any atom is -0.347 e. The van der Waals surface area contributed by atoms with Crippen molar-refractivity contribution >= 4 is 79.6 Å². The summed E-state index contributed by atoms with van der Waals surface area (Å²) >= 11 is 0. The van der Waals surface area contributed by atoms with Crippen LogP contribution in [0.15, 0.2) is 243 Å². The standard InChI is InChI=1S/C35H33N3.C29H37N3.C21H27N3.C18H23N3/c1-24(2)31-22-25(3)34(23-36-31)37-26(4)38(33-21-12-11-20-32(33)37)35-29(27-14-7-5-8-15-27)18-13-19-30(35)28-16-9-6-10-17-28;1-18(2)23-12-11-13-24(19(3)4)29(23)32-22(8)31(26-14-9-10-15-27(26)32)28-17-30-25(20(5)6)16-21(28)7;1-15-13-14-22-16(2)21(15)24-17(3)23(18-9-5-4-6-10-18)19-11-7-8-12-20(19)24;1-12(2)20-15(5)21(17-9-7-6-8-16(17)20)18-13(3)10-11-19-14(18)4/h5-24,26H,1-4H3;9-20,22H,1-8H3;7-8,11-14,17-18H,4-6,9-10H2,1-3H3;6-12,15H,1-5H3/t26-;22-;17-;15-/m0011/s1. The number of nitrogens with zero attached hydrogens (tertiary/aromatic N) is 12. The van der Waals surface area contributed by atoms with Gasteiger partial charge in [0.1, 0.15) is 24.7 Å². The second-order valence-corrected chi connectivity index (χ2v) is 33.7. The maximum absolute atomic E-state index is 4.86. The molecule has 1 fully saturated rings. The van der Waals surface area contributed by atoms with E-state index in [0.29, 0.717) is 48.1 Å². The van der Waals surface area contributed by atoms with E-state index in [-0.39, 0.29) is 12.3 Å². The van der Waals surface area contributed by atoms with E-state index in [0.717, 1.165) is 28.5 Å². The number of pyridine rings is 4. The molecule has 0 N–H and O–H groups in total. The average Bonchev–Trinajstić information content (AvgIpc) is 1.61. The van der Waals surface area contributed by atoms with Gasteiger partial charge in [-0.3, -0.25) is 19.9 Å². The molecule has 0 spiro atoms. The van der Waals surface area contributed by atoms with Gasteiger partial charge in [-0.2, -0.15) is 0 Å². The zero-order chi connectivity index (χ0) is 81.2. The van der Waals surface area contributed by atoms with Gasteiger partial charge in [0.05, 0.1) is 103 Å². The molecule has 0 bridgehead atoms. The number of rotatable bonds is 14. The van der Waals surface area contributed by atoms with Crippen LogP contribution in [0.2, 0.25) is 0 Å². The van der Waals surface area contributed by atoms with Gasteiger partial charge >= 0.3 is 0 Å². The van der Waals surface area contributed by atoms with E-state index in [1.807, 2.05) is 12.4 Å². The molecule has 0 radical (unpaired) electrons. The molecule has 5 aliphatic rings. The molecule has 12 aromatic rings. The summed E-state index contributed by atoms with van der Waals surface area (Å²) < 4.78 is 0. The Balaban J connectivity index is 0.000000130. The Bertz CT molecular complexity index is 5250. The van der Waals surface area contributed by atoms with E-state index in [4.69, 9.17) is 9.97 Å². The third-order valence-corrected chi connectivity index (χ3v) is 24.3. The Labute approximate surface area is 687 Å². The number of hydrogen-bond donors (Lipinski definition) is 0. The second-order valence-electron chi connectivity index (χ2n) is 33.7. The van der Waals surface area contributed by atoms with Crippen LogP contribution in [0, 0.1) is 41.5 Å². The number of aromatic nitrogens is 4. The van der Waals surface area contributed by atoms with E-state index >= 15 is 0 Å². The highest BCUT2D eigenvalue weighted by Gasteiger charge is 2.43. The predicted molar refractivity (Wildman–Crippen MR) is 489 cm³/mol. The lowest BCUT2D eigenvalue weighted by Crippen LogP contribution is -2.46. The van der Waals surface area contributed by atoms with Gasteiger partial charge in [-0.05, 0) is 237 Å². The Kier molecular flexibility index (Phi) is 24.1. The van der Waals surface area contributed by atoms with Crippen LogP contribution in [0.4, 0.5) is 79.6 Å². The lowest BCUT2D eigenvalue weighted by atomic mass is 9.91. The van der Waals surface area contributed by atoms with Crippen molar-refractivity contribution in [2.45, 2.75) is 231 Å². The molecule has 4 aromatic heterocycles. The molecular weight excluding hydrogens is 1410 g/mol. The van der Waals surface area contributed by atoms with Crippen molar-refractivity contribution in [3.8, 4) is 22.3 Å². The molecule has 4 atom stereocenters. The number of hydrogen-bond acceptors (Lipinski definition) is 12. The first kappa shape index (κ1) is 80.4. The lowest BCUT2D eigenvalue weighted by molar-refractivity contribution is 0.400. The van der Waals surface area contributed by atoms with Gasteiger partial charge in [0.25, 0.3) is 0 Å². The van der Waals surface area contributed by atoms with Crippen LogP contribution >= 0.6 is 0 Å². The molecule has 115 heavy (non-hydrogen) atoms. The highest BCUT2D eigenvalue weighted by molar-refractivity contribution is 6.00. The van der Waals surface area contributed by atoms with Crippen molar-refractivity contribution in [2.75, 3.05) is 39.2 Å². The third-order valence-electron chi connectivity index (χ3n) is 24.3. The summed E-state index contributed by atoms with van der Waals surface area (Å²) in [5, 5.41) is 0. The fourth-order valence-electron chi connectivity index (χ4n) is 18.7. The number of anilines is 14. The molecule has 17 rings (SSSR count). The van der Waals surface area contributed by atoms with Crippen LogP contribution in [-0.2, 0) is 0 Å². The van der Waals surface area contributed by atoms with Gasteiger partial charge in [0.2, 0.25) is 0 Å². The van der Waals surface area contributed by atoms with Gasteiger partial charge in [0, 0.05) is 47.0 Å². The SMILES string of the molecule is Cc1cc(C(C)C)ncc1N1c2ccccc2N(c2c(-c3ccccc3)cccc2-c2ccccc2)[C@H]1C.Cc1cc(C(C)C)ncc1N1c2ccccc2N(c2c(C(C)C)cccc2C(C)C)[C@H]1C.Cc1ccnc(C)c1N1c2ccccc2N(C(C)C)[C@H]1C.Cc1ccnc(C)c1N1c2ccccc2N(C2CCCCC2)[C@H]1C. The number of para-hydroxylation sites is 10. The Hall–Kier alpha value is -11.2. The molecule has 1 saturated carbocycles. The van der Waals surface area contributed by atoms with Crippen molar-refractivity contribution in [1.82, 2.24) is 19.9 Å². The smallest absolute Gasteiger partial charge is 0.108 e. The predicted octanol–water partition coefficient (Wildman–Crippen LogP) is 27.6. The molecular formula is C103H120N12. The number of aryl methyl sites for hydroxylation is 6. The summed E-state index contributed by atoms with van der Waals surface area (Å²) in [5.41, 5.74) is 34.9. The lowest BCUT2D eigenvalue weighted by Gasteiger charge is -2.38. The summed E-state index contributed by atoms with van der Waals surface area (Å²) in [6.07, 6.45) is 15.5. The van der Waals surface area contributed by atoms with Crippen molar-refractivity contribution in [1.29, 1.82) is 0 Å². The monoisotopic (exact) mass is 1520 g/mol. The number of fused-ring (bicyclic) bond motifs is 4. The van der Waals surface area contributed by atoms with Gasteiger partial charge in [0.15, 0.2) is 0 Å². The van der Waals surface area contributed by atoms with Crippen LogP contribution in [0.3, 0.4) is 0 Å². The minimum atomic E-state index is 0.0464. The first-order valence-corrected chi connectivity index (χ1v) is 42.3. The summed E-state index contributed by atoms with van der Waals surface area (Å²) in [6.45, 7) is 44.7. The van der Waals surface area contributed by atoms with Crippen molar-refractivity contribution in [2.24, 2.45) is 0 Å². The average molecular weight is 1530 g/mol. The van der Waals surface area contributed by atoms with Crippen molar-refractivity contribution in [3.05, 3.63) is 299 Å². The molecule has 8 heterocycles. The molecule has 12 heteroatoms. The van der Waals surface area contributed by atoms with E-state index in [1.54, 1.807) is 0 Å². The maximum atomic E-state index is 4.86. The van der Waals surface area contributed by atoms with E-state index in [1.165, 1.54) is 162 Å². The van der Waals surface area contributed by atoms with Crippen LogP contribution in [0.1, 0.15) is 209 Å². The zero-order valence-electron chi connectivity index (χ0n) is 71.8. The molecule has 0 saturated heterocycles. The Morgan fingerprint density at radius 2 is 0.652 bits per heavy atom.